The van der Waals surface area contributed by atoms with E-state index in [0.29, 0.717) is 11.8 Å². The Hall–Kier alpha value is -2.67. The lowest BCUT2D eigenvalue weighted by Gasteiger charge is -2.31. The molecule has 3 N–H and O–H groups in total. The summed E-state index contributed by atoms with van der Waals surface area (Å²) in [5.41, 5.74) is 6.00. The molecule has 2 heterocycles. The van der Waals surface area contributed by atoms with E-state index in [-0.39, 0.29) is 36.8 Å². The number of hydrogen-bond acceptors (Lipinski definition) is 4. The Labute approximate surface area is 170 Å². The van der Waals surface area contributed by atoms with Crippen molar-refractivity contribution in [3.8, 4) is 0 Å². The van der Waals surface area contributed by atoms with Crippen molar-refractivity contribution in [2.75, 3.05) is 25.4 Å². The molecule has 0 saturated carbocycles. The average molecular weight is 400 g/mol. The molecule has 29 heavy (non-hydrogen) atoms. The van der Waals surface area contributed by atoms with E-state index in [4.69, 9.17) is 5.73 Å². The number of benzene rings is 1. The van der Waals surface area contributed by atoms with Gasteiger partial charge in [0.05, 0.1) is 19.6 Å². The highest BCUT2D eigenvalue weighted by molar-refractivity contribution is 6.00. The number of nitrogen functional groups attached to an aromatic ring is 1. The van der Waals surface area contributed by atoms with Crippen molar-refractivity contribution in [1.82, 2.24) is 9.13 Å². The summed E-state index contributed by atoms with van der Waals surface area (Å²) in [4.78, 5) is 40.0. The van der Waals surface area contributed by atoms with Gasteiger partial charge in [0.25, 0.3) is 5.56 Å². The molecule has 1 unspecified atom stereocenters. The fraction of sp³-hybridized carbons (Fsp3) is 0.500. The number of Topliss-reactive ketones (excluding diaryl/α,β-unsaturated/α-hetero) is 1. The van der Waals surface area contributed by atoms with E-state index < -0.39 is 11.2 Å². The molecule has 156 valence electrons. The average Bonchev–Trinajstić information content (AvgIpc) is 2.65. The van der Waals surface area contributed by atoms with Gasteiger partial charge in [0.1, 0.15) is 17.9 Å². The number of quaternary nitrogens is 1. The number of carbonyl (C=O) groups excluding carboxylic acids is 1. The largest absolute Gasteiger partial charge is 0.384 e. The highest BCUT2D eigenvalue weighted by atomic mass is 16.2. The van der Waals surface area contributed by atoms with Gasteiger partial charge < -0.3 is 10.6 Å². The van der Waals surface area contributed by atoms with Crippen LogP contribution in [0.5, 0.6) is 0 Å². The van der Waals surface area contributed by atoms with E-state index >= 15 is 0 Å². The van der Waals surface area contributed by atoms with Crippen molar-refractivity contribution >= 4 is 11.6 Å². The van der Waals surface area contributed by atoms with Crippen molar-refractivity contribution in [1.29, 1.82) is 0 Å². The molecule has 1 aromatic heterocycles. The summed E-state index contributed by atoms with van der Waals surface area (Å²) in [6.07, 6.45) is 1.16. The van der Waals surface area contributed by atoms with Crippen LogP contribution < -0.4 is 21.9 Å². The third-order valence-electron chi connectivity index (χ3n) is 5.74. The molecular formula is C22H31N4O3+. The van der Waals surface area contributed by atoms with Crippen LogP contribution in [0.2, 0.25) is 0 Å². The molecule has 1 aliphatic heterocycles. The lowest BCUT2D eigenvalue weighted by molar-refractivity contribution is -0.903. The monoisotopic (exact) mass is 399 g/mol. The van der Waals surface area contributed by atoms with E-state index in [1.807, 2.05) is 30.3 Å². The Morgan fingerprint density at radius 1 is 1.10 bits per heavy atom. The summed E-state index contributed by atoms with van der Waals surface area (Å²) < 4.78 is 2.44. The van der Waals surface area contributed by atoms with Crippen LogP contribution in [0.1, 0.15) is 43.1 Å². The highest BCUT2D eigenvalue weighted by Crippen LogP contribution is 2.13. The van der Waals surface area contributed by atoms with Crippen LogP contribution in [0.3, 0.4) is 0 Å². The first-order valence-corrected chi connectivity index (χ1v) is 10.4. The summed E-state index contributed by atoms with van der Waals surface area (Å²) in [7, 11) is 0. The van der Waals surface area contributed by atoms with E-state index in [0.717, 1.165) is 29.6 Å². The Morgan fingerprint density at radius 2 is 1.72 bits per heavy atom. The number of ketones is 1. The first-order chi connectivity index (χ1) is 13.8. The number of nitrogens with one attached hydrogen (secondary N) is 1. The predicted octanol–water partition coefficient (Wildman–Crippen LogP) is 0.404. The molecule has 1 saturated heterocycles. The summed E-state index contributed by atoms with van der Waals surface area (Å²) in [5.74, 6) is 0.764. The molecule has 7 nitrogen and oxygen atoms in total. The number of carbonyl (C=O) groups is 1. The van der Waals surface area contributed by atoms with E-state index in [9.17, 15) is 14.4 Å². The number of nitrogens with zero attached hydrogens (tertiary/aromatic N) is 2. The molecule has 1 fully saturated rings. The maximum absolute atomic E-state index is 13.1. The van der Waals surface area contributed by atoms with Gasteiger partial charge in [-0.3, -0.25) is 18.7 Å². The molecule has 0 radical (unpaired) electrons. The number of nitrogens with two attached hydrogens (primary N) is 1. The zero-order chi connectivity index (χ0) is 21.1. The van der Waals surface area contributed by atoms with E-state index in [1.165, 1.54) is 9.47 Å². The molecule has 0 bridgehead atoms. The minimum absolute atomic E-state index is 0.0314. The number of anilines is 1. The number of aromatic nitrogens is 2. The Kier molecular flexibility index (Phi) is 6.37. The van der Waals surface area contributed by atoms with Crippen LogP contribution in [0.25, 0.3) is 0 Å². The Bertz CT molecular complexity index is 984. The van der Waals surface area contributed by atoms with Gasteiger partial charge in [-0.05, 0) is 18.9 Å². The van der Waals surface area contributed by atoms with Crippen LogP contribution in [0.15, 0.2) is 39.9 Å². The highest BCUT2D eigenvalue weighted by Gasteiger charge is 2.30. The molecule has 1 aromatic carbocycles. The molecular weight excluding hydrogens is 368 g/mol. The van der Waals surface area contributed by atoms with Gasteiger partial charge in [-0.1, -0.05) is 44.2 Å². The van der Waals surface area contributed by atoms with Gasteiger partial charge in [-0.25, -0.2) is 4.79 Å². The second-order valence-corrected chi connectivity index (χ2v) is 8.37. The quantitative estimate of drug-likeness (QED) is 0.688. The van der Waals surface area contributed by atoms with E-state index in [2.05, 4.69) is 13.8 Å². The van der Waals surface area contributed by atoms with Crippen molar-refractivity contribution in [3.63, 3.8) is 0 Å². The topological polar surface area (TPSA) is 91.5 Å². The van der Waals surface area contributed by atoms with Crippen LogP contribution >= 0.6 is 0 Å². The number of likely N-dealkylation sites (tertiary alicyclic amines) is 1. The summed E-state index contributed by atoms with van der Waals surface area (Å²) in [6, 6.07) is 9.41. The van der Waals surface area contributed by atoms with Gasteiger partial charge in [0.2, 0.25) is 5.78 Å². The zero-order valence-electron chi connectivity index (χ0n) is 17.5. The minimum atomic E-state index is -0.582. The lowest BCUT2D eigenvalue weighted by atomic mass is 9.91. The zero-order valence-corrected chi connectivity index (χ0v) is 17.5. The summed E-state index contributed by atoms with van der Waals surface area (Å²) >= 11 is 0. The van der Waals surface area contributed by atoms with Gasteiger partial charge in [0.15, 0.2) is 0 Å². The normalized spacial score (nSPS) is 21.8. The van der Waals surface area contributed by atoms with Crippen molar-refractivity contribution in [2.45, 2.75) is 40.3 Å². The summed E-state index contributed by atoms with van der Waals surface area (Å²) in [5, 5.41) is 0. The minimum Gasteiger partial charge on any atom is -0.384 e. The van der Waals surface area contributed by atoms with Crippen LogP contribution in [-0.2, 0) is 13.1 Å². The lowest BCUT2D eigenvalue weighted by Crippen LogP contribution is -3.15. The number of rotatable bonds is 6. The van der Waals surface area contributed by atoms with E-state index in [1.54, 1.807) is 6.92 Å². The Morgan fingerprint density at radius 3 is 2.31 bits per heavy atom. The summed E-state index contributed by atoms with van der Waals surface area (Å²) in [6.45, 7) is 8.55. The molecule has 1 aliphatic rings. The third kappa shape index (κ3) is 4.50. The van der Waals surface area contributed by atoms with Crippen LogP contribution in [0.4, 0.5) is 5.82 Å². The first-order valence-electron chi connectivity index (χ1n) is 10.4. The predicted molar refractivity (Wildman–Crippen MR) is 113 cm³/mol. The number of piperidine rings is 1. The molecule has 2 aromatic rings. The standard InChI is InChI=1S/C22H30N4O3/c1-4-25-21(28)19(18(27)14-24-11-15(2)10-16(3)12-24)20(23)26(22(25)29)13-17-8-6-5-7-9-17/h5-9,15-16H,4,10-14,23H2,1-3H3/p+1/t15-,16+. The van der Waals surface area contributed by atoms with Gasteiger partial charge in [-0.2, -0.15) is 0 Å². The third-order valence-corrected chi connectivity index (χ3v) is 5.74. The second-order valence-electron chi connectivity index (χ2n) is 8.37. The van der Waals surface area contributed by atoms with Crippen LogP contribution in [0, 0.1) is 11.8 Å². The smallest absolute Gasteiger partial charge is 0.332 e. The van der Waals surface area contributed by atoms with Gasteiger partial charge in [-0.15, -0.1) is 0 Å². The molecule has 0 amide bonds. The van der Waals surface area contributed by atoms with Crippen molar-refractivity contribution < 1.29 is 9.69 Å². The molecule has 3 atom stereocenters. The Balaban J connectivity index is 1.99. The molecule has 0 spiro atoms. The van der Waals surface area contributed by atoms with Crippen molar-refractivity contribution in [2.24, 2.45) is 11.8 Å². The molecule has 0 aliphatic carbocycles. The molecule has 3 rings (SSSR count). The number of hydrogen-bond donors (Lipinski definition) is 2. The maximum Gasteiger partial charge on any atom is 0.332 e. The maximum atomic E-state index is 13.1. The van der Waals surface area contributed by atoms with Gasteiger partial charge >= 0.3 is 5.69 Å². The molecule has 7 heteroatoms. The van der Waals surface area contributed by atoms with Crippen molar-refractivity contribution in [3.05, 3.63) is 62.3 Å². The van der Waals surface area contributed by atoms with Gasteiger partial charge in [0, 0.05) is 18.4 Å². The SMILES string of the molecule is CCn1c(=O)c(C(=O)C[NH+]2C[C@H](C)C[C@H](C)C2)c(N)n(Cc2ccccc2)c1=O. The fourth-order valence-electron chi connectivity index (χ4n) is 4.56. The van der Waals surface area contributed by atoms with Crippen LogP contribution in [-0.4, -0.2) is 34.6 Å². The fourth-order valence-corrected chi connectivity index (χ4v) is 4.56. The first kappa shape index (κ1) is 21.0. The second kappa shape index (κ2) is 8.78.